The molecule has 0 radical (unpaired) electrons. The number of para-hydroxylation sites is 2. The first kappa shape index (κ1) is 24.8. The molecule has 1 N–H and O–H groups in total. The SMILES string of the molecule is O=C(c1ccccc1Cl)[C@@H]1[C@@H](C(=O)c2ccccc2Cl)[C@]2(C(=O)Nc3ccccc32)[C@H]2C=Cc3ccccc3N12. The van der Waals surface area contributed by atoms with Crippen molar-refractivity contribution in [1.82, 2.24) is 0 Å². The molecule has 5 nitrogen and oxygen atoms in total. The summed E-state index contributed by atoms with van der Waals surface area (Å²) in [7, 11) is 0. The Morgan fingerprint density at radius 3 is 2.08 bits per heavy atom. The molecular weight excluding hydrogens is 543 g/mol. The molecule has 40 heavy (non-hydrogen) atoms. The Morgan fingerprint density at radius 1 is 0.750 bits per heavy atom. The van der Waals surface area contributed by atoms with Crippen LogP contribution >= 0.6 is 23.2 Å². The van der Waals surface area contributed by atoms with Crippen molar-refractivity contribution in [1.29, 1.82) is 0 Å². The lowest BCUT2D eigenvalue weighted by atomic mass is 9.64. The van der Waals surface area contributed by atoms with Crippen molar-refractivity contribution in [2.45, 2.75) is 17.5 Å². The number of carbonyl (C=O) groups excluding carboxylic acids is 3. The normalized spacial score (nSPS) is 23.9. The van der Waals surface area contributed by atoms with Crippen LogP contribution in [0.25, 0.3) is 6.08 Å². The molecule has 0 bridgehead atoms. The van der Waals surface area contributed by atoms with Gasteiger partial charge >= 0.3 is 0 Å². The number of hydrogen-bond acceptors (Lipinski definition) is 4. The number of ketones is 2. The van der Waals surface area contributed by atoms with Crippen LogP contribution in [-0.4, -0.2) is 29.6 Å². The van der Waals surface area contributed by atoms with Crippen molar-refractivity contribution in [2.24, 2.45) is 5.92 Å². The number of nitrogens with zero attached hydrogens (tertiary/aromatic N) is 1. The molecule has 1 saturated heterocycles. The summed E-state index contributed by atoms with van der Waals surface area (Å²) in [6.07, 6.45) is 3.91. The summed E-state index contributed by atoms with van der Waals surface area (Å²) >= 11 is 13.1. The molecule has 0 aromatic heterocycles. The van der Waals surface area contributed by atoms with E-state index in [2.05, 4.69) is 5.32 Å². The van der Waals surface area contributed by atoms with Crippen LogP contribution < -0.4 is 10.2 Å². The van der Waals surface area contributed by atoms with Crippen LogP contribution in [0.5, 0.6) is 0 Å². The maximum absolute atomic E-state index is 14.8. The zero-order valence-corrected chi connectivity index (χ0v) is 22.6. The van der Waals surface area contributed by atoms with Gasteiger partial charge < -0.3 is 10.2 Å². The topological polar surface area (TPSA) is 66.5 Å². The van der Waals surface area contributed by atoms with E-state index in [-0.39, 0.29) is 33.1 Å². The predicted octanol–water partition coefficient (Wildman–Crippen LogP) is 6.85. The number of hydrogen-bond donors (Lipinski definition) is 1. The third-order valence-electron chi connectivity index (χ3n) is 8.37. The van der Waals surface area contributed by atoms with Crippen LogP contribution in [0.1, 0.15) is 31.8 Å². The molecule has 3 aliphatic heterocycles. The largest absolute Gasteiger partial charge is 0.352 e. The van der Waals surface area contributed by atoms with Gasteiger partial charge in [-0.1, -0.05) is 96.0 Å². The molecule has 1 amide bonds. The molecule has 0 aliphatic carbocycles. The van der Waals surface area contributed by atoms with E-state index in [1.165, 1.54) is 0 Å². The van der Waals surface area contributed by atoms with Crippen LogP contribution in [0.15, 0.2) is 103 Å². The number of nitrogens with one attached hydrogen (secondary N) is 1. The second-order valence-electron chi connectivity index (χ2n) is 10.2. The molecule has 1 fully saturated rings. The number of Topliss-reactive ketones (excluding diaryl/α,β-unsaturated/α-hetero) is 2. The van der Waals surface area contributed by atoms with E-state index in [9.17, 15) is 14.4 Å². The second kappa shape index (κ2) is 9.19. The first-order valence-electron chi connectivity index (χ1n) is 13.0. The number of amides is 1. The Morgan fingerprint density at radius 2 is 1.35 bits per heavy atom. The quantitative estimate of drug-likeness (QED) is 0.275. The summed E-state index contributed by atoms with van der Waals surface area (Å²) < 4.78 is 0. The van der Waals surface area contributed by atoms with Crippen LogP contribution in [-0.2, 0) is 10.2 Å². The fourth-order valence-corrected chi connectivity index (χ4v) is 7.23. The van der Waals surface area contributed by atoms with Gasteiger partial charge in [-0.2, -0.15) is 0 Å². The fraction of sp³-hybridized carbons (Fsp3) is 0.121. The van der Waals surface area contributed by atoms with Gasteiger partial charge in [0, 0.05) is 22.5 Å². The standard InChI is InChI=1S/C33H22Cl2N2O3/c34-23-13-5-2-10-20(23)30(38)28-29(31(39)21-11-3-6-14-24(21)35)37-26-16-8-1-9-19(26)17-18-27(37)33(28)22-12-4-7-15-25(22)36-32(33)40/h1-18,27-29H,(H,36,40)/t27-,28+,29+,33-/m1/s1. The number of benzene rings is 4. The minimum atomic E-state index is -1.40. The van der Waals surface area contributed by atoms with Gasteiger partial charge in [0.15, 0.2) is 11.6 Å². The van der Waals surface area contributed by atoms with Gasteiger partial charge in [0.25, 0.3) is 0 Å². The van der Waals surface area contributed by atoms with Crippen LogP contribution in [0, 0.1) is 5.92 Å². The van der Waals surface area contributed by atoms with Crippen molar-refractivity contribution in [3.63, 3.8) is 0 Å². The third kappa shape index (κ3) is 3.31. The van der Waals surface area contributed by atoms with E-state index in [1.54, 1.807) is 48.5 Å². The number of rotatable bonds is 4. The van der Waals surface area contributed by atoms with E-state index in [0.717, 1.165) is 11.3 Å². The molecule has 0 saturated carbocycles. The van der Waals surface area contributed by atoms with Gasteiger partial charge in [-0.3, -0.25) is 14.4 Å². The Hall–Kier alpha value is -4.19. The van der Waals surface area contributed by atoms with Crippen molar-refractivity contribution in [3.8, 4) is 0 Å². The van der Waals surface area contributed by atoms with Gasteiger partial charge in [-0.05, 0) is 47.5 Å². The maximum Gasteiger partial charge on any atom is 0.238 e. The van der Waals surface area contributed by atoms with Crippen molar-refractivity contribution in [3.05, 3.63) is 135 Å². The minimum absolute atomic E-state index is 0.263. The molecule has 4 aromatic rings. The van der Waals surface area contributed by atoms with Gasteiger partial charge in [0.05, 0.1) is 22.0 Å². The van der Waals surface area contributed by atoms with Crippen LogP contribution in [0.2, 0.25) is 10.0 Å². The lowest BCUT2D eigenvalue weighted by molar-refractivity contribution is -0.121. The van der Waals surface area contributed by atoms with E-state index < -0.39 is 23.4 Å². The summed E-state index contributed by atoms with van der Waals surface area (Å²) in [6, 6.07) is 27.0. The average molecular weight is 565 g/mol. The first-order chi connectivity index (χ1) is 19.4. The monoisotopic (exact) mass is 564 g/mol. The zero-order valence-electron chi connectivity index (χ0n) is 21.1. The number of carbonyl (C=O) groups is 3. The Bertz CT molecular complexity index is 1770. The minimum Gasteiger partial charge on any atom is -0.352 e. The molecule has 0 unspecified atom stereocenters. The molecule has 3 aliphatic rings. The smallest absolute Gasteiger partial charge is 0.238 e. The third-order valence-corrected chi connectivity index (χ3v) is 9.03. The van der Waals surface area contributed by atoms with Gasteiger partial charge in [0.2, 0.25) is 5.91 Å². The van der Waals surface area contributed by atoms with E-state index in [0.29, 0.717) is 16.8 Å². The highest BCUT2D eigenvalue weighted by molar-refractivity contribution is 6.35. The maximum atomic E-state index is 14.8. The van der Waals surface area contributed by atoms with Crippen molar-refractivity contribution in [2.75, 3.05) is 10.2 Å². The van der Waals surface area contributed by atoms with Gasteiger partial charge in [0.1, 0.15) is 11.5 Å². The van der Waals surface area contributed by atoms with E-state index in [1.807, 2.05) is 65.6 Å². The molecule has 1 spiro atoms. The summed E-state index contributed by atoms with van der Waals surface area (Å²) in [6.45, 7) is 0. The molecular formula is C33H22Cl2N2O3. The molecule has 196 valence electrons. The number of fused-ring (bicyclic) bond motifs is 6. The Labute approximate surface area is 241 Å². The zero-order chi connectivity index (χ0) is 27.6. The highest BCUT2D eigenvalue weighted by Gasteiger charge is 2.70. The lowest BCUT2D eigenvalue weighted by Gasteiger charge is -2.37. The molecule has 3 heterocycles. The van der Waals surface area contributed by atoms with Crippen molar-refractivity contribution >= 4 is 58.1 Å². The summed E-state index contributed by atoms with van der Waals surface area (Å²) in [5, 5.41) is 3.57. The van der Waals surface area contributed by atoms with E-state index in [4.69, 9.17) is 23.2 Å². The summed E-state index contributed by atoms with van der Waals surface area (Å²) in [5.41, 5.74) is 2.12. The number of anilines is 2. The van der Waals surface area contributed by atoms with E-state index >= 15 is 0 Å². The summed E-state index contributed by atoms with van der Waals surface area (Å²) in [4.78, 5) is 45.7. The molecule has 7 rings (SSSR count). The Kier molecular flexibility index (Phi) is 5.70. The molecule has 4 aromatic carbocycles. The highest BCUT2D eigenvalue weighted by atomic mass is 35.5. The van der Waals surface area contributed by atoms with Crippen molar-refractivity contribution < 1.29 is 14.4 Å². The van der Waals surface area contributed by atoms with Crippen LogP contribution in [0.4, 0.5) is 11.4 Å². The summed E-state index contributed by atoms with van der Waals surface area (Å²) in [5.74, 6) is -2.14. The Balaban J connectivity index is 1.56. The first-order valence-corrected chi connectivity index (χ1v) is 13.7. The van der Waals surface area contributed by atoms with Crippen LogP contribution in [0.3, 0.4) is 0 Å². The number of halogens is 2. The molecule has 4 atom stereocenters. The lowest BCUT2D eigenvalue weighted by Crippen LogP contribution is -2.51. The van der Waals surface area contributed by atoms with Gasteiger partial charge in [-0.25, -0.2) is 0 Å². The average Bonchev–Trinajstić information content (AvgIpc) is 3.45. The fourth-order valence-electron chi connectivity index (χ4n) is 6.77. The predicted molar refractivity (Wildman–Crippen MR) is 157 cm³/mol. The highest BCUT2D eigenvalue weighted by Crippen LogP contribution is 2.58. The molecule has 7 heteroatoms. The van der Waals surface area contributed by atoms with Gasteiger partial charge in [-0.15, -0.1) is 0 Å². The second-order valence-corrected chi connectivity index (χ2v) is 11.1.